The minimum atomic E-state index is -0.770. The standard InChI is InChI=1S/C13H17NO4/c15-12(16)4-3-10-2-1-6-14(8-10)13(17)11-5-7-18-9-11/h5,7,9-10H,1-4,6,8H2,(H,15,16)/t10-/m1/s1. The van der Waals surface area contributed by atoms with E-state index in [0.29, 0.717) is 24.4 Å². The molecule has 1 aromatic rings. The maximum absolute atomic E-state index is 12.1. The number of likely N-dealkylation sites (tertiary alicyclic amines) is 1. The average molecular weight is 251 g/mol. The Morgan fingerprint density at radius 1 is 1.50 bits per heavy atom. The summed E-state index contributed by atoms with van der Waals surface area (Å²) < 4.78 is 4.91. The zero-order valence-electron chi connectivity index (χ0n) is 10.2. The molecule has 1 fully saturated rings. The number of carbonyl (C=O) groups is 2. The van der Waals surface area contributed by atoms with Crippen LogP contribution in [0.4, 0.5) is 0 Å². The minimum Gasteiger partial charge on any atom is -0.481 e. The predicted octanol–water partition coefficient (Wildman–Crippen LogP) is 2.00. The van der Waals surface area contributed by atoms with Crippen molar-refractivity contribution in [3.8, 4) is 0 Å². The lowest BCUT2D eigenvalue weighted by Gasteiger charge is -2.32. The van der Waals surface area contributed by atoms with Crippen LogP contribution in [0.1, 0.15) is 36.0 Å². The summed E-state index contributed by atoms with van der Waals surface area (Å²) in [5, 5.41) is 8.68. The van der Waals surface area contributed by atoms with E-state index in [4.69, 9.17) is 9.52 Å². The predicted molar refractivity (Wildman–Crippen MR) is 64.2 cm³/mol. The molecular formula is C13H17NO4. The minimum absolute atomic E-state index is 0.0243. The Morgan fingerprint density at radius 2 is 2.33 bits per heavy atom. The van der Waals surface area contributed by atoms with Crippen molar-refractivity contribution in [2.24, 2.45) is 5.92 Å². The highest BCUT2D eigenvalue weighted by Gasteiger charge is 2.25. The summed E-state index contributed by atoms with van der Waals surface area (Å²) in [6.45, 7) is 1.39. The fourth-order valence-corrected chi connectivity index (χ4v) is 2.38. The molecule has 1 aromatic heterocycles. The van der Waals surface area contributed by atoms with Crippen LogP contribution < -0.4 is 0 Å². The third kappa shape index (κ3) is 3.12. The lowest BCUT2D eigenvalue weighted by molar-refractivity contribution is -0.137. The van der Waals surface area contributed by atoms with Crippen molar-refractivity contribution in [1.82, 2.24) is 4.90 Å². The largest absolute Gasteiger partial charge is 0.481 e. The van der Waals surface area contributed by atoms with E-state index >= 15 is 0 Å². The van der Waals surface area contributed by atoms with Gasteiger partial charge in [-0.15, -0.1) is 0 Å². The first-order valence-corrected chi connectivity index (χ1v) is 6.20. The molecule has 1 aliphatic heterocycles. The molecular weight excluding hydrogens is 234 g/mol. The molecule has 2 rings (SSSR count). The molecule has 0 aromatic carbocycles. The number of furan rings is 1. The third-order valence-electron chi connectivity index (χ3n) is 3.34. The second kappa shape index (κ2) is 5.71. The monoisotopic (exact) mass is 251 g/mol. The van der Waals surface area contributed by atoms with Gasteiger partial charge in [0.2, 0.25) is 0 Å². The number of piperidine rings is 1. The zero-order valence-corrected chi connectivity index (χ0v) is 10.2. The second-order valence-electron chi connectivity index (χ2n) is 4.70. The van der Waals surface area contributed by atoms with Gasteiger partial charge in [0.15, 0.2) is 0 Å². The van der Waals surface area contributed by atoms with Crippen LogP contribution >= 0.6 is 0 Å². The van der Waals surface area contributed by atoms with Crippen LogP contribution in [0.15, 0.2) is 23.0 Å². The fraction of sp³-hybridized carbons (Fsp3) is 0.538. The van der Waals surface area contributed by atoms with Crippen molar-refractivity contribution in [2.45, 2.75) is 25.7 Å². The lowest BCUT2D eigenvalue weighted by atomic mass is 9.93. The molecule has 98 valence electrons. The Morgan fingerprint density at radius 3 is 3.00 bits per heavy atom. The Bertz CT molecular complexity index is 413. The van der Waals surface area contributed by atoms with E-state index in [0.717, 1.165) is 19.4 Å². The summed E-state index contributed by atoms with van der Waals surface area (Å²) in [4.78, 5) is 24.4. The molecule has 5 heteroatoms. The average Bonchev–Trinajstić information content (AvgIpc) is 2.89. The molecule has 1 aliphatic rings. The van der Waals surface area contributed by atoms with Gasteiger partial charge >= 0.3 is 5.97 Å². The maximum atomic E-state index is 12.1. The Labute approximate surface area is 105 Å². The molecule has 1 amide bonds. The van der Waals surface area contributed by atoms with Gasteiger partial charge in [0, 0.05) is 19.5 Å². The van der Waals surface area contributed by atoms with Gasteiger partial charge in [0.05, 0.1) is 11.8 Å². The number of nitrogens with zero attached hydrogens (tertiary/aromatic N) is 1. The third-order valence-corrected chi connectivity index (χ3v) is 3.34. The summed E-state index contributed by atoms with van der Waals surface area (Å²) in [7, 11) is 0. The number of hydrogen-bond acceptors (Lipinski definition) is 3. The Hall–Kier alpha value is -1.78. The highest BCUT2D eigenvalue weighted by Crippen LogP contribution is 2.22. The topological polar surface area (TPSA) is 70.8 Å². The maximum Gasteiger partial charge on any atom is 0.303 e. The Kier molecular flexibility index (Phi) is 4.02. The van der Waals surface area contributed by atoms with E-state index in [1.54, 1.807) is 11.0 Å². The smallest absolute Gasteiger partial charge is 0.303 e. The summed E-state index contributed by atoms with van der Waals surface area (Å²) in [5.41, 5.74) is 0.564. The summed E-state index contributed by atoms with van der Waals surface area (Å²) in [5.74, 6) is -0.497. The summed E-state index contributed by atoms with van der Waals surface area (Å²) in [6.07, 6.45) is 5.70. The van der Waals surface area contributed by atoms with Crippen molar-refractivity contribution in [3.63, 3.8) is 0 Å². The normalized spacial score (nSPS) is 19.8. The molecule has 0 aliphatic carbocycles. The molecule has 2 heterocycles. The number of hydrogen-bond donors (Lipinski definition) is 1. The molecule has 1 atom stereocenters. The number of carbonyl (C=O) groups excluding carboxylic acids is 1. The number of amides is 1. The van der Waals surface area contributed by atoms with Gasteiger partial charge in [-0.2, -0.15) is 0 Å². The van der Waals surface area contributed by atoms with Crippen LogP contribution in [0, 0.1) is 5.92 Å². The first-order valence-electron chi connectivity index (χ1n) is 6.20. The van der Waals surface area contributed by atoms with Crippen LogP contribution in [0.5, 0.6) is 0 Å². The number of aliphatic carboxylic acids is 1. The number of carboxylic acid groups (broad SMARTS) is 1. The van der Waals surface area contributed by atoms with E-state index < -0.39 is 5.97 Å². The van der Waals surface area contributed by atoms with Crippen LogP contribution in [0.25, 0.3) is 0 Å². The van der Waals surface area contributed by atoms with Crippen molar-refractivity contribution >= 4 is 11.9 Å². The molecule has 0 spiro atoms. The van der Waals surface area contributed by atoms with Crippen molar-refractivity contribution in [1.29, 1.82) is 0 Å². The van der Waals surface area contributed by atoms with Crippen LogP contribution in [0.2, 0.25) is 0 Å². The molecule has 1 saturated heterocycles. The van der Waals surface area contributed by atoms with Crippen LogP contribution in [-0.4, -0.2) is 35.0 Å². The lowest BCUT2D eigenvalue weighted by Crippen LogP contribution is -2.39. The molecule has 1 N–H and O–H groups in total. The number of carboxylic acids is 1. The molecule has 18 heavy (non-hydrogen) atoms. The molecule has 5 nitrogen and oxygen atoms in total. The van der Waals surface area contributed by atoms with Crippen molar-refractivity contribution < 1.29 is 19.1 Å². The summed E-state index contributed by atoms with van der Waals surface area (Å²) in [6, 6.07) is 1.66. The van der Waals surface area contributed by atoms with Crippen LogP contribution in [-0.2, 0) is 4.79 Å². The van der Waals surface area contributed by atoms with E-state index in [-0.39, 0.29) is 12.3 Å². The van der Waals surface area contributed by atoms with E-state index in [1.165, 1.54) is 12.5 Å². The van der Waals surface area contributed by atoms with Crippen molar-refractivity contribution in [3.05, 3.63) is 24.2 Å². The van der Waals surface area contributed by atoms with E-state index in [1.807, 2.05) is 0 Å². The second-order valence-corrected chi connectivity index (χ2v) is 4.70. The van der Waals surface area contributed by atoms with Gasteiger partial charge in [-0.25, -0.2) is 0 Å². The van der Waals surface area contributed by atoms with Crippen LogP contribution in [0.3, 0.4) is 0 Å². The highest BCUT2D eigenvalue weighted by molar-refractivity contribution is 5.93. The fourth-order valence-electron chi connectivity index (χ4n) is 2.38. The molecule has 0 saturated carbocycles. The quantitative estimate of drug-likeness (QED) is 0.888. The van der Waals surface area contributed by atoms with Crippen molar-refractivity contribution in [2.75, 3.05) is 13.1 Å². The van der Waals surface area contributed by atoms with E-state index in [2.05, 4.69) is 0 Å². The first kappa shape index (κ1) is 12.7. The van der Waals surface area contributed by atoms with E-state index in [9.17, 15) is 9.59 Å². The highest BCUT2D eigenvalue weighted by atomic mass is 16.4. The first-order chi connectivity index (χ1) is 8.66. The van der Waals surface area contributed by atoms with Gasteiger partial charge in [-0.3, -0.25) is 9.59 Å². The Balaban J connectivity index is 1.90. The van der Waals surface area contributed by atoms with Gasteiger partial charge in [-0.05, 0) is 31.2 Å². The van der Waals surface area contributed by atoms with Gasteiger partial charge in [0.1, 0.15) is 6.26 Å². The molecule has 0 bridgehead atoms. The molecule has 0 unspecified atom stereocenters. The van der Waals surface area contributed by atoms with Gasteiger partial charge in [-0.1, -0.05) is 0 Å². The zero-order chi connectivity index (χ0) is 13.0. The van der Waals surface area contributed by atoms with Gasteiger partial charge in [0.25, 0.3) is 5.91 Å². The van der Waals surface area contributed by atoms with Gasteiger partial charge < -0.3 is 14.4 Å². The molecule has 0 radical (unpaired) electrons. The number of rotatable bonds is 4. The summed E-state index contributed by atoms with van der Waals surface area (Å²) >= 11 is 0. The SMILES string of the molecule is O=C(O)CC[C@H]1CCCN(C(=O)c2ccoc2)C1.